The number of hydrogen-bond donors (Lipinski definition) is 0. The van der Waals surface area contributed by atoms with E-state index in [1.54, 1.807) is 0 Å². The van der Waals surface area contributed by atoms with Crippen LogP contribution < -0.4 is 0 Å². The molecular formula is C16H23BrN2O. The molecule has 0 N–H and O–H groups in total. The van der Waals surface area contributed by atoms with Crippen LogP contribution in [0.2, 0.25) is 0 Å². The molecule has 0 unspecified atom stereocenters. The Morgan fingerprint density at radius 3 is 2.50 bits per heavy atom. The summed E-state index contributed by atoms with van der Waals surface area (Å²) in [6.07, 6.45) is 0. The van der Waals surface area contributed by atoms with Crippen LogP contribution in [0.25, 0.3) is 0 Å². The minimum absolute atomic E-state index is 0.160. The van der Waals surface area contributed by atoms with Gasteiger partial charge in [0.25, 0.3) is 5.91 Å². The van der Waals surface area contributed by atoms with E-state index >= 15 is 0 Å². The first kappa shape index (κ1) is 15.5. The quantitative estimate of drug-likeness (QED) is 0.845. The van der Waals surface area contributed by atoms with Crippen LogP contribution in [-0.2, 0) is 0 Å². The average Bonchev–Trinajstić information content (AvgIpc) is 2.41. The zero-order chi connectivity index (χ0) is 14.7. The molecule has 1 amide bonds. The van der Waals surface area contributed by atoms with Gasteiger partial charge in [0.1, 0.15) is 0 Å². The molecule has 110 valence electrons. The van der Waals surface area contributed by atoms with Gasteiger partial charge in [-0.1, -0.05) is 35.8 Å². The first-order valence-corrected chi connectivity index (χ1v) is 8.04. The number of halogens is 1. The summed E-state index contributed by atoms with van der Waals surface area (Å²) in [5, 5.41) is 0. The third-order valence-corrected chi connectivity index (χ3v) is 4.21. The molecule has 1 saturated heterocycles. The van der Waals surface area contributed by atoms with E-state index in [0.29, 0.717) is 5.92 Å². The molecule has 1 aliphatic heterocycles. The average molecular weight is 339 g/mol. The van der Waals surface area contributed by atoms with Crippen LogP contribution in [0.3, 0.4) is 0 Å². The Labute approximate surface area is 130 Å². The van der Waals surface area contributed by atoms with Gasteiger partial charge in [-0.2, -0.15) is 0 Å². The first-order valence-electron chi connectivity index (χ1n) is 7.25. The molecule has 2 rings (SSSR count). The number of carbonyl (C=O) groups excluding carboxylic acids is 1. The largest absolute Gasteiger partial charge is 0.336 e. The number of carbonyl (C=O) groups is 1. The lowest BCUT2D eigenvalue weighted by Gasteiger charge is -2.35. The number of rotatable bonds is 3. The second kappa shape index (κ2) is 6.72. The lowest BCUT2D eigenvalue weighted by molar-refractivity contribution is 0.0623. The van der Waals surface area contributed by atoms with Gasteiger partial charge < -0.3 is 4.90 Å². The van der Waals surface area contributed by atoms with E-state index in [2.05, 4.69) is 34.7 Å². The monoisotopic (exact) mass is 338 g/mol. The summed E-state index contributed by atoms with van der Waals surface area (Å²) < 4.78 is 0.963. The molecule has 0 saturated carbocycles. The molecule has 0 spiro atoms. The van der Waals surface area contributed by atoms with Crippen molar-refractivity contribution in [2.75, 3.05) is 32.7 Å². The van der Waals surface area contributed by atoms with Crippen LogP contribution in [0.1, 0.15) is 29.8 Å². The second-order valence-corrected chi connectivity index (χ2v) is 6.86. The molecule has 0 atom stereocenters. The molecule has 3 nitrogen and oxygen atoms in total. The van der Waals surface area contributed by atoms with E-state index < -0.39 is 0 Å². The standard InChI is InChI=1S/C16H23BrN2O/c1-12(2)11-18-6-8-19(9-7-18)16(20)15-10-14(17)5-4-13(15)3/h4-5,10,12H,6-9,11H2,1-3H3. The highest BCUT2D eigenvalue weighted by atomic mass is 79.9. The third-order valence-electron chi connectivity index (χ3n) is 3.71. The Bertz CT molecular complexity index is 479. The Morgan fingerprint density at radius 1 is 1.25 bits per heavy atom. The van der Waals surface area contributed by atoms with Gasteiger partial charge in [-0.15, -0.1) is 0 Å². The predicted octanol–water partition coefficient (Wildman–Crippen LogP) is 3.17. The number of aryl methyl sites for hydroxylation is 1. The summed E-state index contributed by atoms with van der Waals surface area (Å²) in [4.78, 5) is 17.0. The van der Waals surface area contributed by atoms with Gasteiger partial charge in [0.15, 0.2) is 0 Å². The van der Waals surface area contributed by atoms with Crippen LogP contribution in [-0.4, -0.2) is 48.4 Å². The van der Waals surface area contributed by atoms with E-state index in [0.717, 1.165) is 48.3 Å². The third kappa shape index (κ3) is 3.83. The van der Waals surface area contributed by atoms with E-state index in [1.165, 1.54) is 0 Å². The van der Waals surface area contributed by atoms with Gasteiger partial charge in [0.2, 0.25) is 0 Å². The molecule has 1 aromatic rings. The number of amides is 1. The summed E-state index contributed by atoms with van der Waals surface area (Å²) in [6, 6.07) is 5.90. The highest BCUT2D eigenvalue weighted by molar-refractivity contribution is 9.10. The molecule has 0 bridgehead atoms. The molecule has 20 heavy (non-hydrogen) atoms. The van der Waals surface area contributed by atoms with Crippen molar-refractivity contribution >= 4 is 21.8 Å². The molecule has 1 aromatic carbocycles. The fourth-order valence-electron chi connectivity index (χ4n) is 2.64. The number of hydrogen-bond acceptors (Lipinski definition) is 2. The number of nitrogens with zero attached hydrogens (tertiary/aromatic N) is 2. The number of benzene rings is 1. The van der Waals surface area contributed by atoms with Crippen LogP contribution in [0.4, 0.5) is 0 Å². The van der Waals surface area contributed by atoms with Crippen molar-refractivity contribution in [3.63, 3.8) is 0 Å². The maximum absolute atomic E-state index is 12.6. The fourth-order valence-corrected chi connectivity index (χ4v) is 3.01. The second-order valence-electron chi connectivity index (χ2n) is 5.95. The maximum atomic E-state index is 12.6. The van der Waals surface area contributed by atoms with Crippen molar-refractivity contribution in [2.24, 2.45) is 5.92 Å². The molecule has 1 fully saturated rings. The smallest absolute Gasteiger partial charge is 0.254 e. The predicted molar refractivity (Wildman–Crippen MR) is 86.1 cm³/mol. The normalized spacial score (nSPS) is 16.8. The Kier molecular flexibility index (Phi) is 5.22. The van der Waals surface area contributed by atoms with Crippen LogP contribution >= 0.6 is 15.9 Å². The first-order chi connectivity index (χ1) is 9.47. The summed E-state index contributed by atoms with van der Waals surface area (Å²) in [7, 11) is 0. The fraction of sp³-hybridized carbons (Fsp3) is 0.562. The van der Waals surface area contributed by atoms with Crippen LogP contribution in [0, 0.1) is 12.8 Å². The zero-order valence-electron chi connectivity index (χ0n) is 12.5. The Balaban J connectivity index is 2.00. The van der Waals surface area contributed by atoms with E-state index in [-0.39, 0.29) is 5.91 Å². The topological polar surface area (TPSA) is 23.6 Å². The lowest BCUT2D eigenvalue weighted by Crippen LogP contribution is -2.49. The van der Waals surface area contributed by atoms with Crippen molar-refractivity contribution in [2.45, 2.75) is 20.8 Å². The lowest BCUT2D eigenvalue weighted by atomic mass is 10.1. The van der Waals surface area contributed by atoms with Crippen molar-refractivity contribution < 1.29 is 4.79 Å². The Morgan fingerprint density at radius 2 is 1.90 bits per heavy atom. The zero-order valence-corrected chi connectivity index (χ0v) is 14.1. The van der Waals surface area contributed by atoms with E-state index in [4.69, 9.17) is 0 Å². The molecule has 0 radical (unpaired) electrons. The summed E-state index contributed by atoms with van der Waals surface area (Å²) >= 11 is 3.45. The van der Waals surface area contributed by atoms with Crippen molar-refractivity contribution in [3.05, 3.63) is 33.8 Å². The molecular weight excluding hydrogens is 316 g/mol. The molecule has 1 aliphatic rings. The van der Waals surface area contributed by atoms with Gasteiger partial charge >= 0.3 is 0 Å². The maximum Gasteiger partial charge on any atom is 0.254 e. The number of piperazine rings is 1. The SMILES string of the molecule is Cc1ccc(Br)cc1C(=O)N1CCN(CC(C)C)CC1. The summed E-state index contributed by atoms with van der Waals surface area (Å²) in [5.41, 5.74) is 1.86. The molecule has 1 heterocycles. The van der Waals surface area contributed by atoms with Gasteiger partial charge in [-0.3, -0.25) is 9.69 Å². The Hall–Kier alpha value is -0.870. The van der Waals surface area contributed by atoms with E-state index in [9.17, 15) is 4.79 Å². The van der Waals surface area contributed by atoms with Crippen LogP contribution in [0.5, 0.6) is 0 Å². The minimum Gasteiger partial charge on any atom is -0.336 e. The minimum atomic E-state index is 0.160. The highest BCUT2D eigenvalue weighted by Gasteiger charge is 2.23. The molecule has 0 aliphatic carbocycles. The van der Waals surface area contributed by atoms with Gasteiger partial charge in [-0.25, -0.2) is 0 Å². The molecule has 0 aromatic heterocycles. The van der Waals surface area contributed by atoms with Gasteiger partial charge in [0, 0.05) is 42.8 Å². The summed E-state index contributed by atoms with van der Waals surface area (Å²) in [6.45, 7) is 11.2. The van der Waals surface area contributed by atoms with Crippen molar-refractivity contribution in [1.29, 1.82) is 0 Å². The van der Waals surface area contributed by atoms with Gasteiger partial charge in [0.05, 0.1) is 0 Å². The summed E-state index contributed by atoms with van der Waals surface area (Å²) in [5.74, 6) is 0.845. The van der Waals surface area contributed by atoms with Crippen molar-refractivity contribution in [1.82, 2.24) is 9.80 Å². The van der Waals surface area contributed by atoms with Crippen LogP contribution in [0.15, 0.2) is 22.7 Å². The van der Waals surface area contributed by atoms with E-state index in [1.807, 2.05) is 30.0 Å². The highest BCUT2D eigenvalue weighted by Crippen LogP contribution is 2.18. The van der Waals surface area contributed by atoms with Crippen molar-refractivity contribution in [3.8, 4) is 0 Å². The molecule has 4 heteroatoms. The van der Waals surface area contributed by atoms with Gasteiger partial charge in [-0.05, 0) is 30.5 Å².